The minimum atomic E-state index is -0.300. The summed E-state index contributed by atoms with van der Waals surface area (Å²) in [5.41, 5.74) is 5.79. The highest BCUT2D eigenvalue weighted by Crippen LogP contribution is 2.21. The number of phenolic OH excluding ortho intramolecular Hbond substituents is 1. The molecule has 6 heteroatoms. The van der Waals surface area contributed by atoms with E-state index in [9.17, 15) is 9.90 Å². The number of carbonyl (C=O) groups excluding carboxylic acids is 1. The van der Waals surface area contributed by atoms with Crippen molar-refractivity contribution >= 4 is 24.0 Å². The quantitative estimate of drug-likeness (QED) is 0.693. The van der Waals surface area contributed by atoms with Crippen LogP contribution in [0.1, 0.15) is 6.42 Å². The third kappa shape index (κ3) is 5.04. The fourth-order valence-electron chi connectivity index (χ4n) is 1.25. The Bertz CT molecular complexity index is 356. The standard InChI is InChI=1S/C11H16N2O3.ClH/c1-16-8(7-12)6-11(15)13-9-4-2-3-5-10(9)14;/h2-5,8,14H,6-7,12H2,1H3,(H,13,15);1H. The van der Waals surface area contributed by atoms with Crippen LogP contribution in [-0.4, -0.2) is 30.8 Å². The van der Waals surface area contributed by atoms with E-state index in [2.05, 4.69) is 5.32 Å². The zero-order valence-corrected chi connectivity index (χ0v) is 10.4. The molecule has 0 saturated carbocycles. The highest BCUT2D eigenvalue weighted by molar-refractivity contribution is 5.92. The number of nitrogens with two attached hydrogens (primary N) is 1. The van der Waals surface area contributed by atoms with Crippen molar-refractivity contribution in [3.63, 3.8) is 0 Å². The second kappa shape index (κ2) is 7.89. The van der Waals surface area contributed by atoms with E-state index in [0.717, 1.165) is 0 Å². The Morgan fingerprint density at radius 1 is 1.53 bits per heavy atom. The van der Waals surface area contributed by atoms with Crippen LogP contribution in [0.2, 0.25) is 0 Å². The first-order chi connectivity index (χ1) is 7.67. The Hall–Kier alpha value is -1.30. The predicted octanol–water partition coefficient (Wildman–Crippen LogP) is 1.12. The van der Waals surface area contributed by atoms with E-state index in [1.807, 2.05) is 0 Å². The van der Waals surface area contributed by atoms with Gasteiger partial charge in [0.2, 0.25) is 5.91 Å². The molecule has 0 heterocycles. The molecule has 1 amide bonds. The Kier molecular flexibility index (Phi) is 7.29. The highest BCUT2D eigenvalue weighted by Gasteiger charge is 2.12. The number of para-hydroxylation sites is 2. The van der Waals surface area contributed by atoms with Crippen LogP contribution in [0.25, 0.3) is 0 Å². The summed E-state index contributed by atoms with van der Waals surface area (Å²) in [6.07, 6.45) is -0.132. The average Bonchev–Trinajstić information content (AvgIpc) is 2.29. The number of carbonyl (C=O) groups is 1. The largest absolute Gasteiger partial charge is 0.506 e. The van der Waals surface area contributed by atoms with E-state index >= 15 is 0 Å². The van der Waals surface area contributed by atoms with Gasteiger partial charge in [0.1, 0.15) is 5.75 Å². The summed E-state index contributed by atoms with van der Waals surface area (Å²) >= 11 is 0. The first kappa shape index (κ1) is 15.7. The van der Waals surface area contributed by atoms with Gasteiger partial charge in [-0.25, -0.2) is 0 Å². The molecule has 0 aliphatic heterocycles. The molecule has 1 aromatic carbocycles. The van der Waals surface area contributed by atoms with Crippen LogP contribution in [0.15, 0.2) is 24.3 Å². The van der Waals surface area contributed by atoms with Gasteiger partial charge in [0.05, 0.1) is 18.2 Å². The third-order valence-corrected chi connectivity index (χ3v) is 2.19. The van der Waals surface area contributed by atoms with Crippen molar-refractivity contribution in [1.29, 1.82) is 0 Å². The van der Waals surface area contributed by atoms with Gasteiger partial charge in [0, 0.05) is 13.7 Å². The number of amides is 1. The SMILES string of the molecule is COC(CN)CC(=O)Nc1ccccc1O.Cl. The minimum Gasteiger partial charge on any atom is -0.506 e. The number of methoxy groups -OCH3 is 1. The molecular formula is C11H17ClN2O3. The summed E-state index contributed by atoms with van der Waals surface area (Å²) in [4.78, 5) is 11.5. The van der Waals surface area contributed by atoms with Crippen LogP contribution in [-0.2, 0) is 9.53 Å². The number of hydrogen-bond donors (Lipinski definition) is 3. The van der Waals surface area contributed by atoms with Crippen molar-refractivity contribution in [2.75, 3.05) is 19.0 Å². The van der Waals surface area contributed by atoms with Gasteiger partial charge >= 0.3 is 0 Å². The summed E-state index contributed by atoms with van der Waals surface area (Å²) in [6, 6.07) is 6.54. The molecule has 1 aromatic rings. The van der Waals surface area contributed by atoms with Gasteiger partial charge in [-0.3, -0.25) is 4.79 Å². The van der Waals surface area contributed by atoms with Gasteiger partial charge in [0.15, 0.2) is 0 Å². The summed E-state index contributed by atoms with van der Waals surface area (Å²) in [6.45, 7) is 0.282. The second-order valence-electron chi connectivity index (χ2n) is 3.36. The van der Waals surface area contributed by atoms with Crippen LogP contribution in [0.4, 0.5) is 5.69 Å². The van der Waals surface area contributed by atoms with E-state index < -0.39 is 0 Å². The van der Waals surface area contributed by atoms with Crippen molar-refractivity contribution < 1.29 is 14.6 Å². The van der Waals surface area contributed by atoms with Gasteiger partial charge in [-0.2, -0.15) is 0 Å². The van der Waals surface area contributed by atoms with Gasteiger partial charge in [-0.1, -0.05) is 12.1 Å². The number of rotatable bonds is 5. The van der Waals surface area contributed by atoms with Crippen molar-refractivity contribution in [2.45, 2.75) is 12.5 Å². The first-order valence-electron chi connectivity index (χ1n) is 4.98. The molecule has 0 aliphatic carbocycles. The molecule has 96 valence electrons. The maximum atomic E-state index is 11.5. The van der Waals surface area contributed by atoms with Crippen LogP contribution >= 0.6 is 12.4 Å². The Labute approximate surface area is 106 Å². The number of ether oxygens (including phenoxy) is 1. The molecule has 17 heavy (non-hydrogen) atoms. The fourth-order valence-corrected chi connectivity index (χ4v) is 1.25. The maximum Gasteiger partial charge on any atom is 0.227 e. The topological polar surface area (TPSA) is 84.6 Å². The summed E-state index contributed by atoms with van der Waals surface area (Å²) < 4.78 is 4.99. The molecule has 0 aromatic heterocycles. The Morgan fingerprint density at radius 3 is 2.71 bits per heavy atom. The molecule has 0 bridgehead atoms. The first-order valence-corrected chi connectivity index (χ1v) is 4.98. The monoisotopic (exact) mass is 260 g/mol. The zero-order valence-electron chi connectivity index (χ0n) is 9.55. The summed E-state index contributed by atoms with van der Waals surface area (Å²) in [7, 11) is 1.50. The number of aromatic hydroxyl groups is 1. The van der Waals surface area contributed by atoms with Gasteiger partial charge < -0.3 is 20.9 Å². The van der Waals surface area contributed by atoms with Crippen LogP contribution in [0.3, 0.4) is 0 Å². The van der Waals surface area contributed by atoms with Crippen molar-refractivity contribution in [1.82, 2.24) is 0 Å². The molecular weight excluding hydrogens is 244 g/mol. The maximum absolute atomic E-state index is 11.5. The second-order valence-corrected chi connectivity index (χ2v) is 3.36. The van der Waals surface area contributed by atoms with Gasteiger partial charge in [0.25, 0.3) is 0 Å². The minimum absolute atomic E-state index is 0. The predicted molar refractivity (Wildman–Crippen MR) is 68.5 cm³/mol. The number of phenols is 1. The summed E-state index contributed by atoms with van der Waals surface area (Å²) in [5.74, 6) is -0.198. The average molecular weight is 261 g/mol. The number of halogens is 1. The van der Waals surface area contributed by atoms with E-state index in [1.165, 1.54) is 13.2 Å². The van der Waals surface area contributed by atoms with E-state index in [0.29, 0.717) is 5.69 Å². The lowest BCUT2D eigenvalue weighted by molar-refractivity contribution is -0.118. The zero-order chi connectivity index (χ0) is 12.0. The Balaban J connectivity index is 0.00000256. The van der Waals surface area contributed by atoms with E-state index in [4.69, 9.17) is 10.5 Å². The Morgan fingerprint density at radius 2 is 2.18 bits per heavy atom. The lowest BCUT2D eigenvalue weighted by atomic mass is 10.2. The smallest absolute Gasteiger partial charge is 0.227 e. The van der Waals surface area contributed by atoms with E-state index in [-0.39, 0.29) is 43.1 Å². The molecule has 0 spiro atoms. The summed E-state index contributed by atoms with van der Waals surface area (Å²) in [5, 5.41) is 12.0. The molecule has 0 saturated heterocycles. The van der Waals surface area contributed by atoms with Crippen molar-refractivity contribution in [2.24, 2.45) is 5.73 Å². The molecule has 5 nitrogen and oxygen atoms in total. The molecule has 1 unspecified atom stereocenters. The molecule has 0 radical (unpaired) electrons. The lowest BCUT2D eigenvalue weighted by Crippen LogP contribution is -2.28. The van der Waals surface area contributed by atoms with E-state index in [1.54, 1.807) is 18.2 Å². The van der Waals surface area contributed by atoms with Crippen molar-refractivity contribution in [3.05, 3.63) is 24.3 Å². The van der Waals surface area contributed by atoms with Gasteiger partial charge in [-0.05, 0) is 12.1 Å². The number of hydrogen-bond acceptors (Lipinski definition) is 4. The molecule has 0 aliphatic rings. The van der Waals surface area contributed by atoms with Gasteiger partial charge in [-0.15, -0.1) is 12.4 Å². The normalized spacial score (nSPS) is 11.4. The molecule has 4 N–H and O–H groups in total. The van der Waals surface area contributed by atoms with Crippen LogP contribution < -0.4 is 11.1 Å². The fraction of sp³-hybridized carbons (Fsp3) is 0.364. The number of benzene rings is 1. The highest BCUT2D eigenvalue weighted by atomic mass is 35.5. The van der Waals surface area contributed by atoms with Crippen molar-refractivity contribution in [3.8, 4) is 5.75 Å². The lowest BCUT2D eigenvalue weighted by Gasteiger charge is -2.13. The third-order valence-electron chi connectivity index (χ3n) is 2.19. The van der Waals surface area contributed by atoms with Crippen LogP contribution in [0.5, 0.6) is 5.75 Å². The number of anilines is 1. The molecule has 1 atom stereocenters. The van der Waals surface area contributed by atoms with Crippen LogP contribution in [0, 0.1) is 0 Å². The number of nitrogens with one attached hydrogen (secondary N) is 1. The molecule has 0 fully saturated rings. The molecule has 1 rings (SSSR count).